The van der Waals surface area contributed by atoms with E-state index in [2.05, 4.69) is 5.10 Å². The number of alkyl halides is 3. The van der Waals surface area contributed by atoms with Gasteiger partial charge in [-0.1, -0.05) is 42.5 Å². The van der Waals surface area contributed by atoms with Gasteiger partial charge in [0.25, 0.3) is 9.84 Å². The van der Waals surface area contributed by atoms with Gasteiger partial charge in [-0.25, -0.2) is 13.1 Å². The van der Waals surface area contributed by atoms with Crippen LogP contribution in [0.4, 0.5) is 13.2 Å². The number of rotatable bonds is 7. The molecule has 7 nitrogen and oxygen atoms in total. The quantitative estimate of drug-likeness (QED) is 0.327. The first kappa shape index (κ1) is 24.7. The fourth-order valence-corrected chi connectivity index (χ4v) is 5.25. The SMILES string of the molecule is Cc1cc(OS(=O)(=O)c2ccc(S(=O)(=O)C(F)(F)F)cc2)n(CCc2cccc3ccccc23)n1. The molecule has 35 heavy (non-hydrogen) atoms. The first-order valence-electron chi connectivity index (χ1n) is 10.3. The predicted octanol–water partition coefficient (Wildman–Crippen LogP) is 4.65. The van der Waals surface area contributed by atoms with Crippen molar-refractivity contribution in [3.8, 4) is 5.88 Å². The highest BCUT2D eigenvalue weighted by Crippen LogP contribution is 2.31. The fourth-order valence-electron chi connectivity index (χ4n) is 3.57. The lowest BCUT2D eigenvalue weighted by Gasteiger charge is -2.11. The monoisotopic (exact) mass is 524 g/mol. The molecule has 1 aromatic heterocycles. The number of fused-ring (bicyclic) bond motifs is 1. The molecule has 0 atom stereocenters. The fraction of sp³-hybridized carbons (Fsp3) is 0.174. The maximum atomic E-state index is 12.7. The summed E-state index contributed by atoms with van der Waals surface area (Å²) in [6, 6.07) is 17.8. The van der Waals surface area contributed by atoms with E-state index in [-0.39, 0.29) is 5.88 Å². The summed E-state index contributed by atoms with van der Waals surface area (Å²) in [5.41, 5.74) is -3.97. The topological polar surface area (TPSA) is 95.3 Å². The summed E-state index contributed by atoms with van der Waals surface area (Å²) < 4.78 is 93.3. The first-order chi connectivity index (χ1) is 16.4. The van der Waals surface area contributed by atoms with Crippen molar-refractivity contribution in [3.05, 3.63) is 84.1 Å². The molecular formula is C23H19F3N2O5S2. The Morgan fingerprint density at radius 2 is 1.51 bits per heavy atom. The second-order valence-electron chi connectivity index (χ2n) is 7.69. The van der Waals surface area contributed by atoms with E-state index in [0.717, 1.165) is 28.5 Å². The predicted molar refractivity (Wildman–Crippen MR) is 122 cm³/mol. The van der Waals surface area contributed by atoms with Crippen molar-refractivity contribution in [2.45, 2.75) is 35.2 Å². The molecule has 0 radical (unpaired) electrons. The molecule has 4 aromatic rings. The van der Waals surface area contributed by atoms with Crippen molar-refractivity contribution in [2.75, 3.05) is 0 Å². The van der Waals surface area contributed by atoms with Gasteiger partial charge in [0.05, 0.1) is 10.6 Å². The zero-order chi connectivity index (χ0) is 25.4. The van der Waals surface area contributed by atoms with Gasteiger partial charge < -0.3 is 4.18 Å². The Morgan fingerprint density at radius 1 is 0.886 bits per heavy atom. The Morgan fingerprint density at radius 3 is 2.20 bits per heavy atom. The maximum absolute atomic E-state index is 12.7. The van der Waals surface area contributed by atoms with Gasteiger partial charge in [0.1, 0.15) is 4.90 Å². The minimum Gasteiger partial charge on any atom is -0.358 e. The van der Waals surface area contributed by atoms with Crippen LogP contribution in [0.15, 0.2) is 82.6 Å². The average Bonchev–Trinajstić information content (AvgIpc) is 3.15. The van der Waals surface area contributed by atoms with Gasteiger partial charge >= 0.3 is 15.6 Å². The van der Waals surface area contributed by atoms with Crippen molar-refractivity contribution in [2.24, 2.45) is 0 Å². The first-order valence-corrected chi connectivity index (χ1v) is 13.1. The zero-order valence-corrected chi connectivity index (χ0v) is 19.9. The van der Waals surface area contributed by atoms with E-state index in [9.17, 15) is 30.0 Å². The van der Waals surface area contributed by atoms with Crippen molar-refractivity contribution in [1.82, 2.24) is 9.78 Å². The number of halogens is 3. The molecule has 0 unspecified atom stereocenters. The van der Waals surface area contributed by atoms with Gasteiger partial charge in [-0.05, 0) is 53.9 Å². The lowest BCUT2D eigenvalue weighted by atomic mass is 10.0. The van der Waals surface area contributed by atoms with E-state index in [4.69, 9.17) is 4.18 Å². The van der Waals surface area contributed by atoms with E-state index >= 15 is 0 Å². The molecule has 0 fully saturated rings. The number of hydrogen-bond donors (Lipinski definition) is 0. The second-order valence-corrected chi connectivity index (χ2v) is 11.2. The number of sulfone groups is 1. The molecule has 0 amide bonds. The van der Waals surface area contributed by atoms with Gasteiger partial charge in [-0.2, -0.15) is 26.7 Å². The van der Waals surface area contributed by atoms with Crippen LogP contribution in [-0.2, 0) is 32.9 Å². The lowest BCUT2D eigenvalue weighted by Crippen LogP contribution is -2.23. The summed E-state index contributed by atoms with van der Waals surface area (Å²) in [5, 5.41) is 6.40. The summed E-state index contributed by atoms with van der Waals surface area (Å²) in [6.45, 7) is 1.96. The number of benzene rings is 3. The van der Waals surface area contributed by atoms with E-state index in [1.165, 1.54) is 10.7 Å². The molecule has 0 spiro atoms. The Kier molecular flexibility index (Phi) is 6.36. The second kappa shape index (κ2) is 9.00. The van der Waals surface area contributed by atoms with Crippen molar-refractivity contribution < 1.29 is 34.2 Å². The van der Waals surface area contributed by atoms with Gasteiger partial charge in [0, 0.05) is 12.6 Å². The van der Waals surface area contributed by atoms with Crippen LogP contribution in [0, 0.1) is 6.92 Å². The van der Waals surface area contributed by atoms with E-state index in [0.29, 0.717) is 30.8 Å². The Labute approximate surface area is 199 Å². The molecule has 184 valence electrons. The number of aromatic nitrogens is 2. The van der Waals surface area contributed by atoms with E-state index < -0.39 is 35.3 Å². The van der Waals surface area contributed by atoms with E-state index in [1.807, 2.05) is 42.5 Å². The van der Waals surface area contributed by atoms with Gasteiger partial charge in [0.15, 0.2) is 0 Å². The molecule has 1 heterocycles. The largest absolute Gasteiger partial charge is 0.501 e. The number of hydrogen-bond acceptors (Lipinski definition) is 6. The van der Waals surface area contributed by atoms with Crippen LogP contribution in [-0.4, -0.2) is 32.1 Å². The third kappa shape index (κ3) is 5.03. The van der Waals surface area contributed by atoms with Crippen LogP contribution >= 0.6 is 0 Å². The van der Waals surface area contributed by atoms with Crippen molar-refractivity contribution in [3.63, 3.8) is 0 Å². The molecule has 0 bridgehead atoms. The standard InChI is InChI=1S/C23H19F3N2O5S2/c1-16-15-22(28(27-16)14-13-18-7-4-6-17-5-2-3-8-21(17)18)33-35(31,32)20-11-9-19(10-12-20)34(29,30)23(24,25)26/h2-12,15H,13-14H2,1H3. The van der Waals surface area contributed by atoms with Gasteiger partial charge in [0.2, 0.25) is 5.88 Å². The molecule has 3 aromatic carbocycles. The molecular weight excluding hydrogens is 505 g/mol. The molecule has 0 saturated carbocycles. The Bertz CT molecular complexity index is 1590. The molecule has 4 rings (SSSR count). The third-order valence-corrected chi connectivity index (χ3v) is 8.00. The van der Waals surface area contributed by atoms with Crippen molar-refractivity contribution in [1.29, 1.82) is 0 Å². The molecule has 0 aliphatic heterocycles. The van der Waals surface area contributed by atoms with Crippen LogP contribution in [0.1, 0.15) is 11.3 Å². The average molecular weight is 525 g/mol. The Balaban J connectivity index is 1.56. The maximum Gasteiger partial charge on any atom is 0.501 e. The van der Waals surface area contributed by atoms with E-state index in [1.54, 1.807) is 6.92 Å². The number of nitrogens with zero attached hydrogens (tertiary/aromatic N) is 2. The summed E-state index contributed by atoms with van der Waals surface area (Å²) in [4.78, 5) is -1.57. The van der Waals surface area contributed by atoms with Crippen LogP contribution < -0.4 is 4.18 Å². The molecule has 0 N–H and O–H groups in total. The highest BCUT2D eigenvalue weighted by atomic mass is 32.2. The lowest BCUT2D eigenvalue weighted by molar-refractivity contribution is -0.0436. The highest BCUT2D eigenvalue weighted by molar-refractivity contribution is 7.92. The summed E-state index contributed by atoms with van der Waals surface area (Å²) in [5.74, 6) is -0.0743. The minimum atomic E-state index is -5.60. The molecule has 0 aliphatic rings. The zero-order valence-electron chi connectivity index (χ0n) is 18.2. The summed E-state index contributed by atoms with van der Waals surface area (Å²) >= 11 is 0. The van der Waals surface area contributed by atoms with Gasteiger partial charge in [-0.3, -0.25) is 0 Å². The highest BCUT2D eigenvalue weighted by Gasteiger charge is 2.46. The smallest absolute Gasteiger partial charge is 0.358 e. The van der Waals surface area contributed by atoms with Crippen molar-refractivity contribution >= 4 is 30.7 Å². The van der Waals surface area contributed by atoms with Crippen LogP contribution in [0.2, 0.25) is 0 Å². The van der Waals surface area contributed by atoms with Gasteiger partial charge in [-0.15, -0.1) is 0 Å². The number of aryl methyl sites for hydroxylation is 3. The van der Waals surface area contributed by atoms with Crippen LogP contribution in [0.3, 0.4) is 0 Å². The molecule has 12 heteroatoms. The Hall–Kier alpha value is -3.38. The minimum absolute atomic E-state index is 0.0743. The molecule has 0 aliphatic carbocycles. The van der Waals surface area contributed by atoms with Crippen LogP contribution in [0.5, 0.6) is 5.88 Å². The summed E-state index contributed by atoms with van der Waals surface area (Å²) in [6.07, 6.45) is 0.531. The normalized spacial score (nSPS) is 12.7. The summed E-state index contributed by atoms with van der Waals surface area (Å²) in [7, 11) is -10.1. The third-order valence-electron chi connectivity index (χ3n) is 5.26. The molecule has 0 saturated heterocycles. The van der Waals surface area contributed by atoms with Crippen LogP contribution in [0.25, 0.3) is 10.8 Å².